The number of aromatic amines is 1. The van der Waals surface area contributed by atoms with Gasteiger partial charge in [0, 0.05) is 5.56 Å². The van der Waals surface area contributed by atoms with Gasteiger partial charge >= 0.3 is 0 Å². The van der Waals surface area contributed by atoms with Crippen LogP contribution in [-0.4, -0.2) is 15.7 Å². The lowest BCUT2D eigenvalue weighted by molar-refractivity contribution is -0.255. The highest BCUT2D eigenvalue weighted by atomic mass is 16.4. The van der Waals surface area contributed by atoms with Gasteiger partial charge in [0.1, 0.15) is 0 Å². The molecule has 7 nitrogen and oxygen atoms in total. The third kappa shape index (κ3) is 3.74. The molecule has 1 heterocycles. The van der Waals surface area contributed by atoms with E-state index in [4.69, 9.17) is 0 Å². The van der Waals surface area contributed by atoms with Crippen LogP contribution >= 0.6 is 0 Å². The molecule has 0 atom stereocenters. The summed E-state index contributed by atoms with van der Waals surface area (Å²) >= 11 is 0. The molecule has 7 heteroatoms. The Morgan fingerprint density at radius 2 is 1.45 bits per heavy atom. The van der Waals surface area contributed by atoms with Gasteiger partial charge in [-0.25, -0.2) is 4.68 Å². The number of H-pyrrole nitrogens is 1. The summed E-state index contributed by atoms with van der Waals surface area (Å²) in [5.74, 6) is -1.27. The number of nitrogens with zero attached hydrogens (tertiary/aromatic N) is 3. The molecule has 0 unspecified atom stereocenters. The molecule has 0 aliphatic carbocycles. The summed E-state index contributed by atoms with van der Waals surface area (Å²) in [6, 6.07) is 24.3. The number of rotatable bonds is 5. The monoisotopic (exact) mass is 383 g/mol. The fraction of sp³-hybridized carbons (Fsp3) is 0. The summed E-state index contributed by atoms with van der Waals surface area (Å²) in [4.78, 5) is 23.9. The number of benzene rings is 3. The van der Waals surface area contributed by atoms with Gasteiger partial charge in [-0.3, -0.25) is 9.89 Å². The van der Waals surface area contributed by atoms with Gasteiger partial charge in [0.25, 0.3) is 5.56 Å². The fourth-order valence-electron chi connectivity index (χ4n) is 2.86. The molecule has 0 aliphatic heterocycles. The van der Waals surface area contributed by atoms with Crippen molar-refractivity contribution >= 4 is 17.3 Å². The van der Waals surface area contributed by atoms with Gasteiger partial charge in [-0.05, 0) is 29.8 Å². The molecule has 29 heavy (non-hydrogen) atoms. The van der Waals surface area contributed by atoms with Crippen molar-refractivity contribution in [3.05, 3.63) is 101 Å². The lowest BCUT2D eigenvalue weighted by Gasteiger charge is -2.01. The predicted molar refractivity (Wildman–Crippen MR) is 107 cm³/mol. The molecule has 1 aromatic heterocycles. The first-order valence-corrected chi connectivity index (χ1v) is 8.82. The number of azo groups is 1. The number of carboxylic acid groups (broad SMARTS) is 1. The van der Waals surface area contributed by atoms with Gasteiger partial charge in [0.05, 0.1) is 23.0 Å². The maximum atomic E-state index is 13.0. The lowest BCUT2D eigenvalue weighted by Crippen LogP contribution is -2.21. The van der Waals surface area contributed by atoms with Crippen LogP contribution in [0, 0.1) is 0 Å². The van der Waals surface area contributed by atoms with Gasteiger partial charge in [-0.15, -0.1) is 5.11 Å². The Balaban J connectivity index is 1.80. The van der Waals surface area contributed by atoms with Crippen molar-refractivity contribution in [1.29, 1.82) is 0 Å². The Kier molecular flexibility index (Phi) is 4.86. The standard InChI is InChI=1S/C22H16N4O3/c27-21-20(24-23-17-13-11-16(12-14-17)22(28)29)19(15-7-3-1-4-8-15)25-26(21)18-9-5-2-6-10-18/h1-14,25H,(H,28,29)/p-1. The van der Waals surface area contributed by atoms with Crippen molar-refractivity contribution in [2.75, 3.05) is 0 Å². The quantitative estimate of drug-likeness (QED) is 0.532. The van der Waals surface area contributed by atoms with Crippen molar-refractivity contribution in [3.8, 4) is 16.9 Å². The Bertz CT molecular complexity index is 1220. The number of para-hydroxylation sites is 1. The summed E-state index contributed by atoms with van der Waals surface area (Å²) in [6.07, 6.45) is 0. The molecule has 4 aromatic rings. The van der Waals surface area contributed by atoms with Crippen molar-refractivity contribution in [2.24, 2.45) is 10.2 Å². The van der Waals surface area contributed by atoms with Gasteiger partial charge in [0.2, 0.25) is 0 Å². The zero-order valence-corrected chi connectivity index (χ0v) is 15.1. The SMILES string of the molecule is O=C([O-])c1ccc(N=Nc2c(-c3ccccc3)[nH]n(-c3ccccc3)c2=O)cc1. The molecule has 3 aromatic carbocycles. The third-order valence-corrected chi connectivity index (χ3v) is 4.31. The van der Waals surface area contributed by atoms with E-state index < -0.39 is 5.97 Å². The molecule has 0 saturated carbocycles. The van der Waals surface area contributed by atoms with Crippen LogP contribution in [0.5, 0.6) is 0 Å². The highest BCUT2D eigenvalue weighted by Crippen LogP contribution is 2.28. The molecule has 0 saturated heterocycles. The number of hydrogen-bond acceptors (Lipinski definition) is 5. The lowest BCUT2D eigenvalue weighted by atomic mass is 10.1. The highest BCUT2D eigenvalue weighted by Gasteiger charge is 2.16. The van der Waals surface area contributed by atoms with Crippen molar-refractivity contribution in [3.63, 3.8) is 0 Å². The van der Waals surface area contributed by atoms with E-state index in [1.807, 2.05) is 60.7 Å². The predicted octanol–water partition coefficient (Wildman–Crippen LogP) is 3.61. The normalized spacial score (nSPS) is 11.0. The minimum absolute atomic E-state index is 0.0435. The minimum atomic E-state index is -1.27. The zero-order chi connectivity index (χ0) is 20.2. The Hall–Kier alpha value is -4.26. The van der Waals surface area contributed by atoms with Crippen molar-refractivity contribution in [1.82, 2.24) is 9.78 Å². The van der Waals surface area contributed by atoms with Crippen LogP contribution in [0.2, 0.25) is 0 Å². The van der Waals surface area contributed by atoms with Crippen molar-refractivity contribution < 1.29 is 9.90 Å². The van der Waals surface area contributed by atoms with Gasteiger partial charge < -0.3 is 9.90 Å². The number of carbonyl (C=O) groups excluding carboxylic acids is 1. The van der Waals surface area contributed by atoms with E-state index in [1.54, 1.807) is 0 Å². The topological polar surface area (TPSA) is 103 Å². The Morgan fingerprint density at radius 3 is 2.07 bits per heavy atom. The molecule has 0 aliphatic rings. The third-order valence-electron chi connectivity index (χ3n) is 4.31. The second-order valence-corrected chi connectivity index (χ2v) is 6.21. The van der Waals surface area contributed by atoms with Crippen molar-refractivity contribution in [2.45, 2.75) is 0 Å². The van der Waals surface area contributed by atoms with E-state index >= 15 is 0 Å². The zero-order valence-electron chi connectivity index (χ0n) is 15.1. The molecule has 0 amide bonds. The van der Waals surface area contributed by atoms with Gasteiger partial charge in [-0.1, -0.05) is 60.7 Å². The average molecular weight is 383 g/mol. The summed E-state index contributed by atoms with van der Waals surface area (Å²) < 4.78 is 1.41. The first-order valence-electron chi connectivity index (χ1n) is 8.82. The maximum absolute atomic E-state index is 13.0. The van der Waals surface area contributed by atoms with E-state index in [0.29, 0.717) is 17.1 Å². The summed E-state index contributed by atoms with van der Waals surface area (Å²) in [6.45, 7) is 0. The number of carboxylic acids is 1. The number of carbonyl (C=O) groups is 1. The number of aromatic carboxylic acids is 1. The van der Waals surface area contributed by atoms with E-state index in [0.717, 1.165) is 5.56 Å². The molecular formula is C22H15N4O3-. The summed E-state index contributed by atoms with van der Waals surface area (Å²) in [5.41, 5.74) is 2.28. The second-order valence-electron chi connectivity index (χ2n) is 6.21. The van der Waals surface area contributed by atoms with Crippen LogP contribution in [0.15, 0.2) is 100.0 Å². The van der Waals surface area contributed by atoms with E-state index in [1.165, 1.54) is 28.9 Å². The van der Waals surface area contributed by atoms with Gasteiger partial charge in [-0.2, -0.15) is 5.11 Å². The number of nitrogens with one attached hydrogen (secondary N) is 1. The van der Waals surface area contributed by atoms with E-state index in [2.05, 4.69) is 15.3 Å². The number of aromatic nitrogens is 2. The van der Waals surface area contributed by atoms with Crippen LogP contribution in [0.1, 0.15) is 10.4 Å². The fourth-order valence-corrected chi connectivity index (χ4v) is 2.86. The molecule has 1 N–H and O–H groups in total. The minimum Gasteiger partial charge on any atom is -0.545 e. The highest BCUT2D eigenvalue weighted by molar-refractivity contribution is 5.86. The summed E-state index contributed by atoms with van der Waals surface area (Å²) in [7, 11) is 0. The maximum Gasteiger partial charge on any atom is 0.299 e. The molecule has 0 fully saturated rings. The Labute approximate surface area is 165 Å². The van der Waals surface area contributed by atoms with Crippen LogP contribution in [0.25, 0.3) is 16.9 Å². The summed E-state index contributed by atoms with van der Waals surface area (Å²) in [5, 5.41) is 22.2. The molecule has 4 rings (SSSR count). The first-order chi connectivity index (χ1) is 14.1. The smallest absolute Gasteiger partial charge is 0.299 e. The van der Waals surface area contributed by atoms with E-state index in [-0.39, 0.29) is 16.8 Å². The van der Waals surface area contributed by atoms with E-state index in [9.17, 15) is 14.7 Å². The molecule has 142 valence electrons. The average Bonchev–Trinajstić information content (AvgIpc) is 3.10. The Morgan fingerprint density at radius 1 is 0.828 bits per heavy atom. The van der Waals surface area contributed by atoms with Crippen LogP contribution in [0.4, 0.5) is 11.4 Å². The number of hydrogen-bond donors (Lipinski definition) is 1. The van der Waals surface area contributed by atoms with Crippen LogP contribution in [-0.2, 0) is 0 Å². The molecule has 0 radical (unpaired) electrons. The molecular weight excluding hydrogens is 368 g/mol. The van der Waals surface area contributed by atoms with Crippen LogP contribution in [0.3, 0.4) is 0 Å². The first kappa shape index (κ1) is 18.1. The second kappa shape index (κ2) is 7.77. The molecule has 0 spiro atoms. The largest absolute Gasteiger partial charge is 0.545 e. The molecule has 0 bridgehead atoms. The van der Waals surface area contributed by atoms with Crippen LogP contribution < -0.4 is 10.7 Å². The van der Waals surface area contributed by atoms with Gasteiger partial charge in [0.15, 0.2) is 5.69 Å².